The first-order chi connectivity index (χ1) is 9.65. The van der Waals surface area contributed by atoms with Gasteiger partial charge in [0.2, 0.25) is 5.88 Å². The van der Waals surface area contributed by atoms with Crippen LogP contribution in [0, 0.1) is 0 Å². The van der Waals surface area contributed by atoms with Crippen LogP contribution in [0.1, 0.15) is 0 Å². The molecule has 0 unspecified atom stereocenters. The monoisotopic (exact) mass is 332 g/mol. The van der Waals surface area contributed by atoms with Gasteiger partial charge in [0.05, 0.1) is 5.56 Å². The second-order valence-corrected chi connectivity index (χ2v) is 5.00. The van der Waals surface area contributed by atoms with Crippen LogP contribution in [0.5, 0.6) is 0 Å². The Morgan fingerprint density at radius 3 is 2.80 bits per heavy atom. The van der Waals surface area contributed by atoms with Crippen LogP contribution in [0.3, 0.4) is 0 Å². The third kappa shape index (κ3) is 2.23. The number of anilines is 1. The highest BCUT2D eigenvalue weighted by Crippen LogP contribution is 2.35. The number of hydrogen-bond donors (Lipinski definition) is 2. The van der Waals surface area contributed by atoms with E-state index in [1.165, 1.54) is 6.07 Å². The Labute approximate surface area is 121 Å². The number of H-pyrrole nitrogens is 1. The van der Waals surface area contributed by atoms with Gasteiger partial charge in [-0.3, -0.25) is 4.79 Å². The van der Waals surface area contributed by atoms with E-state index >= 15 is 0 Å². The summed E-state index contributed by atoms with van der Waals surface area (Å²) in [6.45, 7) is 0. The Bertz CT molecular complexity index is 805. The molecule has 0 aliphatic heterocycles. The van der Waals surface area contributed by atoms with Crippen LogP contribution in [0.4, 0.5) is 5.88 Å². The molecule has 0 aliphatic rings. The van der Waals surface area contributed by atoms with Gasteiger partial charge in [0.1, 0.15) is 11.4 Å². The highest BCUT2D eigenvalue weighted by Gasteiger charge is 2.18. The molecular weight excluding hydrogens is 324 g/mol. The van der Waals surface area contributed by atoms with Gasteiger partial charge in [-0.2, -0.15) is 5.10 Å². The van der Waals surface area contributed by atoms with E-state index in [1.54, 1.807) is 6.07 Å². The number of nitrogens with zero attached hydrogens (tertiary/aromatic N) is 2. The third-order valence-electron chi connectivity index (χ3n) is 2.75. The van der Waals surface area contributed by atoms with Crippen molar-refractivity contribution in [2.24, 2.45) is 0 Å². The number of benzene rings is 1. The van der Waals surface area contributed by atoms with E-state index in [4.69, 9.17) is 10.3 Å². The molecule has 0 saturated heterocycles. The van der Waals surface area contributed by atoms with E-state index in [9.17, 15) is 4.79 Å². The molecule has 3 N–H and O–H groups in total. The standard InChI is InChI=1S/C13H9BrN4O2/c14-8-3-1-2-7(6-8)11-12(18-20-13(11)15)9-4-5-10(19)17-16-9/h1-6H,15H2,(H,17,19). The average molecular weight is 333 g/mol. The van der Waals surface area contributed by atoms with Crippen LogP contribution < -0.4 is 11.3 Å². The quantitative estimate of drug-likeness (QED) is 0.751. The van der Waals surface area contributed by atoms with E-state index < -0.39 is 0 Å². The first kappa shape index (κ1) is 12.6. The van der Waals surface area contributed by atoms with Crippen LogP contribution in [0.2, 0.25) is 0 Å². The Morgan fingerprint density at radius 2 is 2.10 bits per heavy atom. The summed E-state index contributed by atoms with van der Waals surface area (Å²) in [5.41, 5.74) is 8.03. The molecule has 0 saturated carbocycles. The van der Waals surface area contributed by atoms with Crippen molar-refractivity contribution in [3.8, 4) is 22.5 Å². The number of nitrogens with one attached hydrogen (secondary N) is 1. The molecule has 3 aromatic rings. The van der Waals surface area contributed by atoms with Crippen LogP contribution in [0.15, 0.2) is 50.2 Å². The van der Waals surface area contributed by atoms with Crippen LogP contribution in [-0.2, 0) is 0 Å². The minimum Gasteiger partial charge on any atom is -0.367 e. The summed E-state index contributed by atoms with van der Waals surface area (Å²) in [5, 5.41) is 10.2. The molecule has 2 heterocycles. The van der Waals surface area contributed by atoms with E-state index in [0.717, 1.165) is 10.0 Å². The largest absolute Gasteiger partial charge is 0.367 e. The summed E-state index contributed by atoms with van der Waals surface area (Å²) in [7, 11) is 0. The van der Waals surface area contributed by atoms with Crippen LogP contribution in [0.25, 0.3) is 22.5 Å². The molecule has 0 spiro atoms. The predicted molar refractivity (Wildman–Crippen MR) is 77.9 cm³/mol. The summed E-state index contributed by atoms with van der Waals surface area (Å²) < 4.78 is 5.97. The molecule has 0 aliphatic carbocycles. The fourth-order valence-corrected chi connectivity index (χ4v) is 2.28. The maximum Gasteiger partial charge on any atom is 0.264 e. The van der Waals surface area contributed by atoms with E-state index in [0.29, 0.717) is 17.0 Å². The van der Waals surface area contributed by atoms with Crippen molar-refractivity contribution in [3.63, 3.8) is 0 Å². The fraction of sp³-hybridized carbons (Fsp3) is 0. The van der Waals surface area contributed by atoms with Crippen LogP contribution in [-0.4, -0.2) is 15.4 Å². The van der Waals surface area contributed by atoms with Gasteiger partial charge in [-0.1, -0.05) is 33.2 Å². The smallest absolute Gasteiger partial charge is 0.264 e. The van der Waals surface area contributed by atoms with Gasteiger partial charge in [0, 0.05) is 10.5 Å². The van der Waals surface area contributed by atoms with Crippen LogP contribution >= 0.6 is 15.9 Å². The summed E-state index contributed by atoms with van der Waals surface area (Å²) in [5.74, 6) is 0.200. The van der Waals surface area contributed by atoms with Crippen molar-refractivity contribution >= 4 is 21.8 Å². The number of aromatic nitrogens is 3. The predicted octanol–water partition coefficient (Wildman–Crippen LogP) is 2.44. The molecule has 0 amide bonds. The number of aromatic amines is 1. The lowest BCUT2D eigenvalue weighted by molar-refractivity contribution is 0.439. The fourth-order valence-electron chi connectivity index (χ4n) is 1.88. The second kappa shape index (κ2) is 4.93. The average Bonchev–Trinajstić information content (AvgIpc) is 2.81. The molecule has 1 aromatic carbocycles. The number of nitrogens with two attached hydrogens (primary N) is 1. The molecule has 3 rings (SSSR count). The zero-order valence-electron chi connectivity index (χ0n) is 10.1. The van der Waals surface area contributed by atoms with Crippen molar-refractivity contribution in [1.29, 1.82) is 0 Å². The van der Waals surface area contributed by atoms with E-state index in [1.807, 2.05) is 24.3 Å². The highest BCUT2D eigenvalue weighted by atomic mass is 79.9. The lowest BCUT2D eigenvalue weighted by atomic mass is 10.0. The SMILES string of the molecule is Nc1onc(-c2ccc(=O)[nH]n2)c1-c1cccc(Br)c1. The minimum absolute atomic E-state index is 0.200. The van der Waals surface area contributed by atoms with E-state index in [-0.39, 0.29) is 11.4 Å². The van der Waals surface area contributed by atoms with Gasteiger partial charge in [0.15, 0.2) is 0 Å². The molecule has 2 aromatic heterocycles. The topological polar surface area (TPSA) is 97.8 Å². The normalized spacial score (nSPS) is 10.7. The number of halogens is 1. The van der Waals surface area contributed by atoms with Crippen molar-refractivity contribution in [2.75, 3.05) is 5.73 Å². The maximum absolute atomic E-state index is 11.1. The van der Waals surface area contributed by atoms with Gasteiger partial charge in [-0.05, 0) is 23.8 Å². The zero-order valence-corrected chi connectivity index (χ0v) is 11.7. The van der Waals surface area contributed by atoms with Crippen molar-refractivity contribution in [3.05, 3.63) is 51.2 Å². The molecule has 20 heavy (non-hydrogen) atoms. The molecule has 100 valence electrons. The lowest BCUT2D eigenvalue weighted by Gasteiger charge is -2.02. The Balaban J connectivity index is 2.19. The summed E-state index contributed by atoms with van der Waals surface area (Å²) >= 11 is 3.41. The number of hydrogen-bond acceptors (Lipinski definition) is 5. The first-order valence-electron chi connectivity index (χ1n) is 5.72. The summed E-state index contributed by atoms with van der Waals surface area (Å²) in [6, 6.07) is 10.5. The lowest BCUT2D eigenvalue weighted by Crippen LogP contribution is -2.05. The zero-order chi connectivity index (χ0) is 14.1. The van der Waals surface area contributed by atoms with Gasteiger partial charge in [0.25, 0.3) is 5.56 Å². The molecular formula is C13H9BrN4O2. The van der Waals surface area contributed by atoms with Gasteiger partial charge in [-0.15, -0.1) is 0 Å². The summed E-state index contributed by atoms with van der Waals surface area (Å²) in [4.78, 5) is 11.1. The maximum atomic E-state index is 11.1. The molecule has 0 bridgehead atoms. The second-order valence-electron chi connectivity index (χ2n) is 4.09. The Kier molecular flexibility index (Phi) is 3.11. The van der Waals surface area contributed by atoms with Crippen molar-refractivity contribution < 1.29 is 4.52 Å². The molecule has 0 radical (unpaired) electrons. The molecule has 0 fully saturated rings. The number of nitrogen functional groups attached to an aromatic ring is 1. The summed E-state index contributed by atoms with van der Waals surface area (Å²) in [6.07, 6.45) is 0. The van der Waals surface area contributed by atoms with Gasteiger partial charge >= 0.3 is 0 Å². The highest BCUT2D eigenvalue weighted by molar-refractivity contribution is 9.10. The Morgan fingerprint density at radius 1 is 1.25 bits per heavy atom. The Hall–Kier alpha value is -2.41. The van der Waals surface area contributed by atoms with Gasteiger partial charge in [-0.25, -0.2) is 5.10 Å². The van der Waals surface area contributed by atoms with Gasteiger partial charge < -0.3 is 10.3 Å². The molecule has 7 heteroatoms. The third-order valence-corrected chi connectivity index (χ3v) is 3.25. The molecule has 6 nitrogen and oxygen atoms in total. The van der Waals surface area contributed by atoms with Crippen molar-refractivity contribution in [2.45, 2.75) is 0 Å². The first-order valence-corrected chi connectivity index (χ1v) is 6.51. The molecule has 0 atom stereocenters. The minimum atomic E-state index is -0.283. The van der Waals surface area contributed by atoms with Crippen molar-refractivity contribution in [1.82, 2.24) is 15.4 Å². The van der Waals surface area contributed by atoms with E-state index in [2.05, 4.69) is 31.3 Å². The number of rotatable bonds is 2.